The lowest BCUT2D eigenvalue weighted by atomic mass is 10.3. The number of anilines is 1. The Kier molecular flexibility index (Phi) is 4.12. The Bertz CT molecular complexity index is 383. The summed E-state index contributed by atoms with van der Waals surface area (Å²) in [7, 11) is 0. The second kappa shape index (κ2) is 5.60. The van der Waals surface area contributed by atoms with E-state index in [9.17, 15) is 4.79 Å². The zero-order valence-corrected chi connectivity index (χ0v) is 11.3. The van der Waals surface area contributed by atoms with Gasteiger partial charge in [0.15, 0.2) is 11.4 Å². The third-order valence-electron chi connectivity index (χ3n) is 3.25. The highest BCUT2D eigenvalue weighted by atomic mass is 32.1. The van der Waals surface area contributed by atoms with Gasteiger partial charge in [-0.2, -0.15) is 0 Å². The Morgan fingerprint density at radius 3 is 2.47 bits per heavy atom. The van der Waals surface area contributed by atoms with Crippen LogP contribution in [0, 0.1) is 0 Å². The number of hydrogen-bond acceptors (Lipinski definition) is 5. The number of carbonyl (C=O) groups excluding carboxylic acids is 1. The van der Waals surface area contributed by atoms with E-state index < -0.39 is 0 Å². The van der Waals surface area contributed by atoms with E-state index in [1.807, 2.05) is 6.92 Å². The fraction of sp³-hybridized carbons (Fsp3) is 0.667. The first-order chi connectivity index (χ1) is 8.28. The lowest BCUT2D eigenvalue weighted by Gasteiger charge is -2.33. The molecule has 1 aromatic rings. The van der Waals surface area contributed by atoms with Gasteiger partial charge in [-0.25, -0.2) is 4.98 Å². The molecule has 0 N–H and O–H groups in total. The Labute approximate surface area is 106 Å². The quantitative estimate of drug-likeness (QED) is 0.765. The molecule has 2 heterocycles. The van der Waals surface area contributed by atoms with E-state index in [4.69, 9.17) is 0 Å². The number of piperazine rings is 1. The third kappa shape index (κ3) is 2.66. The van der Waals surface area contributed by atoms with Gasteiger partial charge in [0.2, 0.25) is 0 Å². The highest BCUT2D eigenvalue weighted by Gasteiger charge is 2.19. The van der Waals surface area contributed by atoms with E-state index in [1.54, 1.807) is 0 Å². The van der Waals surface area contributed by atoms with Gasteiger partial charge in [0, 0.05) is 26.2 Å². The van der Waals surface area contributed by atoms with E-state index in [1.165, 1.54) is 11.3 Å². The van der Waals surface area contributed by atoms with Crippen LogP contribution in [0.1, 0.15) is 29.2 Å². The maximum absolute atomic E-state index is 10.9. The summed E-state index contributed by atoms with van der Waals surface area (Å²) in [6.45, 7) is 9.57. The number of nitrogens with zero attached hydrogens (tertiary/aromatic N) is 3. The average Bonchev–Trinajstić information content (AvgIpc) is 2.82. The van der Waals surface area contributed by atoms with Gasteiger partial charge >= 0.3 is 0 Å². The molecule has 1 aliphatic rings. The molecule has 1 fully saturated rings. The van der Waals surface area contributed by atoms with Crippen LogP contribution < -0.4 is 4.90 Å². The Morgan fingerprint density at radius 2 is 2.00 bits per heavy atom. The lowest BCUT2D eigenvalue weighted by Crippen LogP contribution is -2.46. The van der Waals surface area contributed by atoms with Crippen LogP contribution in [0.15, 0.2) is 0 Å². The van der Waals surface area contributed by atoms with Crippen molar-refractivity contribution < 1.29 is 4.79 Å². The number of aldehydes is 1. The predicted octanol–water partition coefficient (Wildman–Crippen LogP) is 1.66. The molecule has 0 radical (unpaired) electrons. The van der Waals surface area contributed by atoms with E-state index in [0.29, 0.717) is 0 Å². The van der Waals surface area contributed by atoms with Crippen LogP contribution in [-0.2, 0) is 6.42 Å². The molecule has 94 valence electrons. The van der Waals surface area contributed by atoms with Crippen LogP contribution in [-0.4, -0.2) is 48.9 Å². The molecule has 0 saturated carbocycles. The summed E-state index contributed by atoms with van der Waals surface area (Å²) < 4.78 is 0. The second-order valence-electron chi connectivity index (χ2n) is 4.20. The van der Waals surface area contributed by atoms with Crippen molar-refractivity contribution in [1.29, 1.82) is 0 Å². The summed E-state index contributed by atoms with van der Waals surface area (Å²) in [5.41, 5.74) is 0.943. The first-order valence-electron chi connectivity index (χ1n) is 6.20. The molecule has 0 spiro atoms. The molecule has 4 nitrogen and oxygen atoms in total. The first-order valence-corrected chi connectivity index (χ1v) is 7.02. The summed E-state index contributed by atoms with van der Waals surface area (Å²) in [6, 6.07) is 0. The molecule has 5 heteroatoms. The zero-order chi connectivity index (χ0) is 12.3. The summed E-state index contributed by atoms with van der Waals surface area (Å²) in [5, 5.41) is 1.01. The van der Waals surface area contributed by atoms with Gasteiger partial charge in [-0.1, -0.05) is 25.2 Å². The van der Waals surface area contributed by atoms with Crippen LogP contribution in [0.2, 0.25) is 0 Å². The van der Waals surface area contributed by atoms with Gasteiger partial charge in [-0.3, -0.25) is 4.79 Å². The van der Waals surface area contributed by atoms with Gasteiger partial charge in [0.25, 0.3) is 0 Å². The molecule has 0 atom stereocenters. The van der Waals surface area contributed by atoms with Gasteiger partial charge in [0.1, 0.15) is 0 Å². The van der Waals surface area contributed by atoms with Crippen LogP contribution >= 0.6 is 11.3 Å². The number of aryl methyl sites for hydroxylation is 1. The van der Waals surface area contributed by atoms with Crippen LogP contribution in [0.5, 0.6) is 0 Å². The first kappa shape index (κ1) is 12.5. The number of thiazole rings is 1. The molecule has 1 aliphatic heterocycles. The van der Waals surface area contributed by atoms with Crippen molar-refractivity contribution in [3.63, 3.8) is 0 Å². The van der Waals surface area contributed by atoms with Gasteiger partial charge in [-0.05, 0) is 13.0 Å². The predicted molar refractivity (Wildman–Crippen MR) is 71.2 cm³/mol. The normalized spacial score (nSPS) is 17.4. The van der Waals surface area contributed by atoms with Crippen molar-refractivity contribution in [3.8, 4) is 0 Å². The van der Waals surface area contributed by atoms with Crippen molar-refractivity contribution in [2.75, 3.05) is 37.6 Å². The van der Waals surface area contributed by atoms with E-state index >= 15 is 0 Å². The smallest absolute Gasteiger partial charge is 0.186 e. The molecule has 0 unspecified atom stereocenters. The number of hydrogen-bond donors (Lipinski definition) is 0. The average molecular weight is 253 g/mol. The lowest BCUT2D eigenvalue weighted by molar-refractivity contribution is 0.112. The summed E-state index contributed by atoms with van der Waals surface area (Å²) >= 11 is 1.53. The molecule has 1 saturated heterocycles. The third-order valence-corrected chi connectivity index (χ3v) is 4.33. The highest BCUT2D eigenvalue weighted by Crippen LogP contribution is 2.26. The molecular weight excluding hydrogens is 234 g/mol. The topological polar surface area (TPSA) is 36.4 Å². The highest BCUT2D eigenvalue weighted by molar-refractivity contribution is 7.17. The molecule has 0 bridgehead atoms. The summed E-state index contributed by atoms with van der Waals surface area (Å²) in [5.74, 6) is 0. The molecule has 0 amide bonds. The Hall–Kier alpha value is -0.940. The summed E-state index contributed by atoms with van der Waals surface area (Å²) in [6.07, 6.45) is 1.77. The van der Waals surface area contributed by atoms with Crippen LogP contribution in [0.25, 0.3) is 0 Å². The van der Waals surface area contributed by atoms with E-state index in [2.05, 4.69) is 21.7 Å². The molecule has 2 rings (SSSR count). The Morgan fingerprint density at radius 1 is 1.29 bits per heavy atom. The van der Waals surface area contributed by atoms with E-state index in [0.717, 1.165) is 61.1 Å². The largest absolute Gasteiger partial charge is 0.346 e. The number of aromatic nitrogens is 1. The minimum atomic E-state index is 0.792. The Balaban J connectivity index is 2.08. The van der Waals surface area contributed by atoms with Crippen LogP contribution in [0.3, 0.4) is 0 Å². The number of carbonyl (C=O) groups is 1. The van der Waals surface area contributed by atoms with Gasteiger partial charge in [-0.15, -0.1) is 0 Å². The fourth-order valence-corrected chi connectivity index (χ4v) is 3.11. The number of rotatable bonds is 4. The van der Waals surface area contributed by atoms with Crippen molar-refractivity contribution in [2.45, 2.75) is 20.3 Å². The SMILES string of the molecule is CCc1nc(N2CCN(CC)CC2)sc1C=O. The minimum absolute atomic E-state index is 0.792. The molecule has 0 aromatic carbocycles. The monoisotopic (exact) mass is 253 g/mol. The number of likely N-dealkylation sites (N-methyl/N-ethyl adjacent to an activating group) is 1. The summed E-state index contributed by atoms with van der Waals surface area (Å²) in [4.78, 5) is 21.0. The maximum Gasteiger partial charge on any atom is 0.186 e. The van der Waals surface area contributed by atoms with Crippen molar-refractivity contribution in [2.24, 2.45) is 0 Å². The zero-order valence-electron chi connectivity index (χ0n) is 10.5. The van der Waals surface area contributed by atoms with Crippen molar-refractivity contribution >= 4 is 22.8 Å². The molecule has 1 aromatic heterocycles. The molecular formula is C12H19N3OS. The standard InChI is InChI=1S/C12H19N3OS/c1-3-10-11(9-16)17-12(13-10)15-7-5-14(4-2)6-8-15/h9H,3-8H2,1-2H3. The van der Waals surface area contributed by atoms with Gasteiger partial charge in [0.05, 0.1) is 10.6 Å². The maximum atomic E-state index is 10.9. The van der Waals surface area contributed by atoms with Gasteiger partial charge < -0.3 is 9.80 Å². The van der Waals surface area contributed by atoms with Crippen LogP contribution in [0.4, 0.5) is 5.13 Å². The molecule has 17 heavy (non-hydrogen) atoms. The molecule has 0 aliphatic carbocycles. The second-order valence-corrected chi connectivity index (χ2v) is 5.21. The van der Waals surface area contributed by atoms with E-state index in [-0.39, 0.29) is 0 Å². The minimum Gasteiger partial charge on any atom is -0.346 e. The fourth-order valence-electron chi connectivity index (χ4n) is 2.09. The van der Waals surface area contributed by atoms with Crippen molar-refractivity contribution in [1.82, 2.24) is 9.88 Å². The van der Waals surface area contributed by atoms with Crippen molar-refractivity contribution in [3.05, 3.63) is 10.6 Å².